The normalized spacial score (nSPS) is 13.1. The Bertz CT molecular complexity index is 1250. The summed E-state index contributed by atoms with van der Waals surface area (Å²) in [5.41, 5.74) is -1.37. The standard InChI is InChI=1S/C18H16ClF3N6O3S/c1-10(25-17(29)11-5-12(7-23-6-11)18(20,21)22)16-26-14(9-32(2,30)31)27-28(16)15-4-3-13(19)8-24-15/h3-8,10H,9H2,1-2H3,(H,25,29). The molecule has 0 aliphatic heterocycles. The van der Waals surface area contributed by atoms with Crippen molar-refractivity contribution in [2.45, 2.75) is 24.9 Å². The molecule has 1 amide bonds. The van der Waals surface area contributed by atoms with E-state index in [0.717, 1.165) is 12.5 Å². The molecule has 32 heavy (non-hydrogen) atoms. The molecule has 3 heterocycles. The Kier molecular flexibility index (Phi) is 6.51. The average Bonchev–Trinajstić information content (AvgIpc) is 3.10. The second-order valence-corrected chi connectivity index (χ2v) is 9.43. The van der Waals surface area contributed by atoms with Gasteiger partial charge >= 0.3 is 6.18 Å². The number of aromatic nitrogens is 5. The number of carbonyl (C=O) groups excluding carboxylic acids is 1. The molecular formula is C18H16ClF3N6O3S. The van der Waals surface area contributed by atoms with Gasteiger partial charge in [0.05, 0.1) is 22.2 Å². The average molecular weight is 489 g/mol. The summed E-state index contributed by atoms with van der Waals surface area (Å²) < 4.78 is 63.3. The Labute approximate surface area is 185 Å². The number of carbonyl (C=O) groups is 1. The van der Waals surface area contributed by atoms with Crippen molar-refractivity contribution >= 4 is 27.3 Å². The molecule has 1 unspecified atom stereocenters. The maximum absolute atomic E-state index is 12.9. The minimum Gasteiger partial charge on any atom is -0.342 e. The van der Waals surface area contributed by atoms with Crippen LogP contribution in [0.5, 0.6) is 0 Å². The minimum absolute atomic E-state index is 0.0407. The molecule has 0 aromatic carbocycles. The van der Waals surface area contributed by atoms with E-state index in [-0.39, 0.29) is 23.0 Å². The fourth-order valence-corrected chi connectivity index (χ4v) is 3.37. The molecule has 3 aromatic rings. The summed E-state index contributed by atoms with van der Waals surface area (Å²) in [7, 11) is -3.46. The van der Waals surface area contributed by atoms with Crippen LogP contribution in [0.25, 0.3) is 5.82 Å². The van der Waals surface area contributed by atoms with Crippen LogP contribution in [0, 0.1) is 0 Å². The van der Waals surface area contributed by atoms with Gasteiger partial charge in [-0.05, 0) is 25.1 Å². The first kappa shape index (κ1) is 23.6. The van der Waals surface area contributed by atoms with Crippen LogP contribution in [0.2, 0.25) is 5.02 Å². The van der Waals surface area contributed by atoms with Crippen molar-refractivity contribution < 1.29 is 26.4 Å². The van der Waals surface area contributed by atoms with Gasteiger partial charge in [0.2, 0.25) is 0 Å². The maximum Gasteiger partial charge on any atom is 0.417 e. The largest absolute Gasteiger partial charge is 0.417 e. The van der Waals surface area contributed by atoms with Gasteiger partial charge in [-0.3, -0.25) is 9.78 Å². The van der Waals surface area contributed by atoms with Crippen molar-refractivity contribution in [3.8, 4) is 5.82 Å². The predicted octanol–water partition coefficient (Wildman–Crippen LogP) is 2.77. The van der Waals surface area contributed by atoms with E-state index < -0.39 is 39.3 Å². The summed E-state index contributed by atoms with van der Waals surface area (Å²) in [6.45, 7) is 1.51. The van der Waals surface area contributed by atoms with Crippen molar-refractivity contribution in [3.63, 3.8) is 0 Å². The highest BCUT2D eigenvalue weighted by Crippen LogP contribution is 2.29. The molecule has 1 N–H and O–H groups in total. The monoisotopic (exact) mass is 488 g/mol. The van der Waals surface area contributed by atoms with Crippen LogP contribution >= 0.6 is 11.6 Å². The zero-order chi connectivity index (χ0) is 23.7. The van der Waals surface area contributed by atoms with Crippen LogP contribution in [0.3, 0.4) is 0 Å². The first-order chi connectivity index (χ1) is 14.8. The highest BCUT2D eigenvalue weighted by atomic mass is 35.5. The number of amides is 1. The summed E-state index contributed by atoms with van der Waals surface area (Å²) in [5, 5.41) is 7.02. The first-order valence-corrected chi connectivity index (χ1v) is 11.4. The number of sulfone groups is 1. The number of hydrogen-bond acceptors (Lipinski definition) is 7. The van der Waals surface area contributed by atoms with Gasteiger partial charge in [0, 0.05) is 24.8 Å². The van der Waals surface area contributed by atoms with Gasteiger partial charge in [-0.25, -0.2) is 18.4 Å². The third-order valence-electron chi connectivity index (χ3n) is 4.06. The molecule has 0 aliphatic rings. The molecule has 9 nitrogen and oxygen atoms in total. The predicted molar refractivity (Wildman–Crippen MR) is 108 cm³/mol. The van der Waals surface area contributed by atoms with E-state index >= 15 is 0 Å². The Hall–Kier alpha value is -3.06. The molecule has 0 fully saturated rings. The number of alkyl halides is 3. The lowest BCUT2D eigenvalue weighted by atomic mass is 10.2. The molecule has 0 radical (unpaired) electrons. The summed E-state index contributed by atoms with van der Waals surface area (Å²) in [4.78, 5) is 24.3. The molecule has 3 rings (SSSR count). The topological polar surface area (TPSA) is 120 Å². The smallest absolute Gasteiger partial charge is 0.342 e. The van der Waals surface area contributed by atoms with E-state index in [4.69, 9.17) is 11.6 Å². The number of nitrogens with zero attached hydrogens (tertiary/aromatic N) is 5. The summed E-state index contributed by atoms with van der Waals surface area (Å²) >= 11 is 5.85. The van der Waals surface area contributed by atoms with E-state index in [9.17, 15) is 26.4 Å². The minimum atomic E-state index is -4.66. The molecule has 170 valence electrons. The van der Waals surface area contributed by atoms with Crippen LogP contribution < -0.4 is 5.32 Å². The Morgan fingerprint density at radius 1 is 1.25 bits per heavy atom. The summed E-state index contributed by atoms with van der Waals surface area (Å²) in [6.07, 6.45) is -0.690. The third-order valence-corrected chi connectivity index (χ3v) is 5.06. The second kappa shape index (κ2) is 8.82. The fraction of sp³-hybridized carbons (Fsp3) is 0.278. The number of halogens is 4. The fourth-order valence-electron chi connectivity index (χ4n) is 2.67. The Morgan fingerprint density at radius 3 is 2.56 bits per heavy atom. The number of hydrogen-bond donors (Lipinski definition) is 1. The van der Waals surface area contributed by atoms with Crippen molar-refractivity contribution in [2.75, 3.05) is 6.26 Å². The highest BCUT2D eigenvalue weighted by Gasteiger charge is 2.32. The quantitative estimate of drug-likeness (QED) is 0.566. The molecule has 0 bridgehead atoms. The second-order valence-electron chi connectivity index (χ2n) is 6.86. The van der Waals surface area contributed by atoms with Crippen LogP contribution in [0.4, 0.5) is 13.2 Å². The maximum atomic E-state index is 12.9. The first-order valence-electron chi connectivity index (χ1n) is 8.92. The summed E-state index contributed by atoms with van der Waals surface area (Å²) in [6, 6.07) is 2.84. The van der Waals surface area contributed by atoms with Gasteiger partial charge in [-0.1, -0.05) is 11.6 Å². The van der Waals surface area contributed by atoms with Crippen molar-refractivity contribution in [1.82, 2.24) is 30.0 Å². The number of rotatable bonds is 6. The lowest BCUT2D eigenvalue weighted by molar-refractivity contribution is -0.137. The molecule has 0 spiro atoms. The molecule has 14 heteroatoms. The van der Waals surface area contributed by atoms with Gasteiger partial charge in [0.15, 0.2) is 27.3 Å². The van der Waals surface area contributed by atoms with Crippen LogP contribution in [0.1, 0.15) is 40.5 Å². The van der Waals surface area contributed by atoms with Gasteiger partial charge in [-0.15, -0.1) is 5.10 Å². The van der Waals surface area contributed by atoms with Crippen molar-refractivity contribution in [3.05, 3.63) is 64.6 Å². The molecule has 3 aromatic heterocycles. The van der Waals surface area contributed by atoms with Crippen LogP contribution in [-0.2, 0) is 21.8 Å². The van der Waals surface area contributed by atoms with Gasteiger partial charge < -0.3 is 5.32 Å². The lowest BCUT2D eigenvalue weighted by Gasteiger charge is -2.15. The SMILES string of the molecule is CC(NC(=O)c1cncc(C(F)(F)F)c1)c1nc(CS(C)(=O)=O)nn1-c1ccc(Cl)cn1. The van der Waals surface area contributed by atoms with Gasteiger partial charge in [0.1, 0.15) is 5.75 Å². The van der Waals surface area contributed by atoms with Crippen molar-refractivity contribution in [2.24, 2.45) is 0 Å². The Balaban J connectivity index is 1.93. The van der Waals surface area contributed by atoms with E-state index in [1.54, 1.807) is 0 Å². The zero-order valence-electron chi connectivity index (χ0n) is 16.6. The lowest BCUT2D eigenvalue weighted by Crippen LogP contribution is -2.29. The van der Waals surface area contributed by atoms with E-state index in [0.29, 0.717) is 17.3 Å². The molecule has 0 saturated heterocycles. The third kappa shape index (κ3) is 5.79. The molecule has 1 atom stereocenters. The van der Waals surface area contributed by atoms with Crippen LogP contribution in [0.15, 0.2) is 36.8 Å². The molecular weight excluding hydrogens is 473 g/mol. The van der Waals surface area contributed by atoms with E-state index in [1.807, 2.05) is 0 Å². The molecule has 0 saturated carbocycles. The van der Waals surface area contributed by atoms with Crippen LogP contribution in [-0.4, -0.2) is 45.3 Å². The highest BCUT2D eigenvalue weighted by molar-refractivity contribution is 7.89. The van der Waals surface area contributed by atoms with E-state index in [2.05, 4.69) is 25.4 Å². The Morgan fingerprint density at radius 2 is 1.97 bits per heavy atom. The van der Waals surface area contributed by atoms with Gasteiger partial charge in [0.25, 0.3) is 5.91 Å². The van der Waals surface area contributed by atoms with Gasteiger partial charge in [-0.2, -0.15) is 17.9 Å². The van der Waals surface area contributed by atoms with E-state index in [1.165, 1.54) is 29.9 Å². The van der Waals surface area contributed by atoms with Crippen molar-refractivity contribution in [1.29, 1.82) is 0 Å². The number of pyridine rings is 2. The zero-order valence-corrected chi connectivity index (χ0v) is 18.2. The summed E-state index contributed by atoms with van der Waals surface area (Å²) in [5.74, 6) is -0.968. The molecule has 0 aliphatic carbocycles. The number of nitrogens with one attached hydrogen (secondary N) is 1.